The van der Waals surface area contributed by atoms with Gasteiger partial charge in [0, 0.05) is 0 Å². The highest BCUT2D eigenvalue weighted by molar-refractivity contribution is 6.22. The van der Waals surface area contributed by atoms with E-state index in [0.29, 0.717) is 17.4 Å². The van der Waals surface area contributed by atoms with Gasteiger partial charge in [-0.05, 0) is 34.7 Å². The minimum atomic E-state index is -0.203. The molecule has 2 rings (SSSR count). The fraction of sp³-hybridized carbons (Fsp3) is 0.333. The average molecular weight is 305 g/mol. The van der Waals surface area contributed by atoms with E-state index in [1.165, 1.54) is 5.56 Å². The molecular formula is C18H21ClO2. The van der Waals surface area contributed by atoms with E-state index < -0.39 is 0 Å². The lowest BCUT2D eigenvalue weighted by Gasteiger charge is -2.15. The molecule has 0 amide bonds. The first-order chi connectivity index (χ1) is 10.1. The topological polar surface area (TPSA) is 18.5 Å². The maximum atomic E-state index is 6.59. The van der Waals surface area contributed by atoms with Crippen molar-refractivity contribution in [3.8, 4) is 11.5 Å². The zero-order valence-electron chi connectivity index (χ0n) is 12.9. The van der Waals surface area contributed by atoms with Crippen LogP contribution in [0.5, 0.6) is 11.5 Å². The molecule has 0 aliphatic heterocycles. The molecule has 2 aromatic carbocycles. The van der Waals surface area contributed by atoms with Crippen LogP contribution in [0.4, 0.5) is 0 Å². The van der Waals surface area contributed by atoms with Crippen molar-refractivity contribution in [3.63, 3.8) is 0 Å². The highest BCUT2D eigenvalue weighted by atomic mass is 35.5. The lowest BCUT2D eigenvalue weighted by atomic mass is 9.98. The van der Waals surface area contributed by atoms with Crippen molar-refractivity contribution >= 4 is 11.6 Å². The highest BCUT2D eigenvalue weighted by Gasteiger charge is 2.14. The second-order valence-corrected chi connectivity index (χ2v) is 5.73. The molecule has 1 atom stereocenters. The van der Waals surface area contributed by atoms with Crippen molar-refractivity contribution < 1.29 is 9.47 Å². The molecule has 2 nitrogen and oxygen atoms in total. The summed E-state index contributed by atoms with van der Waals surface area (Å²) in [7, 11) is 3.25. The summed E-state index contributed by atoms with van der Waals surface area (Å²) in [5.74, 6) is 1.92. The maximum Gasteiger partial charge on any atom is 0.161 e. The molecule has 1 unspecified atom stereocenters. The SMILES string of the molecule is COc1ccc(C(Cl)c2ccc(C(C)C)cc2)cc1OC. The van der Waals surface area contributed by atoms with E-state index >= 15 is 0 Å². The molecule has 112 valence electrons. The van der Waals surface area contributed by atoms with Crippen LogP contribution in [0, 0.1) is 0 Å². The molecule has 0 bridgehead atoms. The summed E-state index contributed by atoms with van der Waals surface area (Å²) >= 11 is 6.59. The Morgan fingerprint density at radius 3 is 1.81 bits per heavy atom. The van der Waals surface area contributed by atoms with E-state index in [1.807, 2.05) is 18.2 Å². The number of benzene rings is 2. The number of hydrogen-bond acceptors (Lipinski definition) is 2. The van der Waals surface area contributed by atoms with Crippen molar-refractivity contribution in [2.24, 2.45) is 0 Å². The first kappa shape index (κ1) is 15.7. The Morgan fingerprint density at radius 2 is 1.29 bits per heavy atom. The van der Waals surface area contributed by atoms with E-state index in [-0.39, 0.29) is 5.38 Å². The smallest absolute Gasteiger partial charge is 0.161 e. The summed E-state index contributed by atoms with van der Waals surface area (Å²) in [6.07, 6.45) is 0. The summed E-state index contributed by atoms with van der Waals surface area (Å²) in [5, 5.41) is -0.203. The van der Waals surface area contributed by atoms with Gasteiger partial charge < -0.3 is 9.47 Å². The minimum absolute atomic E-state index is 0.203. The molecule has 21 heavy (non-hydrogen) atoms. The predicted molar refractivity (Wildman–Crippen MR) is 87.8 cm³/mol. The van der Waals surface area contributed by atoms with E-state index in [2.05, 4.69) is 38.1 Å². The first-order valence-electron chi connectivity index (χ1n) is 7.02. The Labute approximate surface area is 131 Å². The van der Waals surface area contributed by atoms with Crippen LogP contribution < -0.4 is 9.47 Å². The molecule has 0 fully saturated rings. The number of ether oxygens (including phenoxy) is 2. The van der Waals surface area contributed by atoms with Gasteiger partial charge in [-0.25, -0.2) is 0 Å². The predicted octanol–water partition coefficient (Wildman–Crippen LogP) is 5.16. The second-order valence-electron chi connectivity index (χ2n) is 5.30. The zero-order valence-corrected chi connectivity index (χ0v) is 13.6. The number of hydrogen-bond donors (Lipinski definition) is 0. The van der Waals surface area contributed by atoms with Crippen molar-refractivity contribution in [2.45, 2.75) is 25.1 Å². The summed E-state index contributed by atoms with van der Waals surface area (Å²) in [6.45, 7) is 4.36. The third-order valence-corrected chi connectivity index (χ3v) is 4.10. The summed E-state index contributed by atoms with van der Waals surface area (Å²) in [5.41, 5.74) is 3.38. The number of alkyl halides is 1. The molecular weight excluding hydrogens is 284 g/mol. The lowest BCUT2D eigenvalue weighted by Crippen LogP contribution is -1.97. The van der Waals surface area contributed by atoms with Gasteiger partial charge in [-0.15, -0.1) is 11.6 Å². The van der Waals surface area contributed by atoms with Gasteiger partial charge in [0.15, 0.2) is 11.5 Å². The molecule has 0 heterocycles. The monoisotopic (exact) mass is 304 g/mol. The van der Waals surface area contributed by atoms with Gasteiger partial charge in [0.05, 0.1) is 19.6 Å². The van der Waals surface area contributed by atoms with E-state index in [0.717, 1.165) is 11.1 Å². The fourth-order valence-corrected chi connectivity index (χ4v) is 2.53. The van der Waals surface area contributed by atoms with Crippen LogP contribution in [-0.2, 0) is 0 Å². The maximum absolute atomic E-state index is 6.59. The molecule has 0 aliphatic rings. The molecule has 0 saturated heterocycles. The van der Waals surface area contributed by atoms with E-state index in [9.17, 15) is 0 Å². The van der Waals surface area contributed by atoms with Crippen LogP contribution in [0.3, 0.4) is 0 Å². The Balaban J connectivity index is 2.28. The normalized spacial score (nSPS) is 12.3. The lowest BCUT2D eigenvalue weighted by molar-refractivity contribution is 0.354. The molecule has 0 N–H and O–H groups in total. The third kappa shape index (κ3) is 3.51. The van der Waals surface area contributed by atoms with Crippen molar-refractivity contribution in [2.75, 3.05) is 14.2 Å². The Bertz CT molecular complexity index is 591. The van der Waals surface area contributed by atoms with Crippen LogP contribution in [-0.4, -0.2) is 14.2 Å². The van der Waals surface area contributed by atoms with Crippen molar-refractivity contribution in [1.82, 2.24) is 0 Å². The Morgan fingerprint density at radius 1 is 0.762 bits per heavy atom. The Hall–Kier alpha value is -1.67. The third-order valence-electron chi connectivity index (χ3n) is 3.60. The second kappa shape index (κ2) is 6.86. The summed E-state index contributed by atoms with van der Waals surface area (Å²) in [6, 6.07) is 14.2. The summed E-state index contributed by atoms with van der Waals surface area (Å²) < 4.78 is 10.6. The standard InChI is InChI=1S/C18H21ClO2/c1-12(2)13-5-7-14(8-6-13)18(19)15-9-10-16(20-3)17(11-15)21-4/h5-12,18H,1-4H3. The number of methoxy groups -OCH3 is 2. The van der Waals surface area contributed by atoms with Gasteiger partial charge in [0.25, 0.3) is 0 Å². The van der Waals surface area contributed by atoms with Gasteiger partial charge >= 0.3 is 0 Å². The highest BCUT2D eigenvalue weighted by Crippen LogP contribution is 2.35. The molecule has 0 spiro atoms. The van der Waals surface area contributed by atoms with Gasteiger partial charge in [-0.1, -0.05) is 44.2 Å². The van der Waals surface area contributed by atoms with Gasteiger partial charge in [0.1, 0.15) is 0 Å². The van der Waals surface area contributed by atoms with E-state index in [4.69, 9.17) is 21.1 Å². The number of rotatable bonds is 5. The largest absolute Gasteiger partial charge is 0.493 e. The van der Waals surface area contributed by atoms with Crippen LogP contribution in [0.25, 0.3) is 0 Å². The summed E-state index contributed by atoms with van der Waals surface area (Å²) in [4.78, 5) is 0. The molecule has 3 heteroatoms. The average Bonchev–Trinajstić information content (AvgIpc) is 2.53. The van der Waals surface area contributed by atoms with Gasteiger partial charge in [0.2, 0.25) is 0 Å². The zero-order chi connectivity index (χ0) is 15.4. The first-order valence-corrected chi connectivity index (χ1v) is 7.46. The molecule has 0 aromatic heterocycles. The van der Waals surface area contributed by atoms with Crippen molar-refractivity contribution in [1.29, 1.82) is 0 Å². The quantitative estimate of drug-likeness (QED) is 0.711. The molecule has 0 aliphatic carbocycles. The van der Waals surface area contributed by atoms with Crippen molar-refractivity contribution in [3.05, 3.63) is 59.2 Å². The Kier molecular flexibility index (Phi) is 5.13. The van der Waals surface area contributed by atoms with Crippen LogP contribution in [0.15, 0.2) is 42.5 Å². The van der Waals surface area contributed by atoms with Crippen LogP contribution >= 0.6 is 11.6 Å². The fourth-order valence-electron chi connectivity index (χ4n) is 2.25. The van der Waals surface area contributed by atoms with Gasteiger partial charge in [-0.3, -0.25) is 0 Å². The molecule has 0 saturated carbocycles. The van der Waals surface area contributed by atoms with Gasteiger partial charge in [-0.2, -0.15) is 0 Å². The number of halogens is 1. The molecule has 0 radical (unpaired) electrons. The molecule has 2 aromatic rings. The van der Waals surface area contributed by atoms with Crippen LogP contribution in [0.1, 0.15) is 41.8 Å². The minimum Gasteiger partial charge on any atom is -0.493 e. The van der Waals surface area contributed by atoms with Crippen LogP contribution in [0.2, 0.25) is 0 Å². The van der Waals surface area contributed by atoms with E-state index in [1.54, 1.807) is 14.2 Å².